The number of halogens is 1. The molecule has 0 aliphatic rings. The summed E-state index contributed by atoms with van der Waals surface area (Å²) >= 11 is 0. The molecule has 2 aromatic rings. The molecule has 5 nitrogen and oxygen atoms in total. The summed E-state index contributed by atoms with van der Waals surface area (Å²) in [6, 6.07) is 7.14. The second kappa shape index (κ2) is 7.40. The van der Waals surface area contributed by atoms with E-state index in [9.17, 15) is 14.0 Å². The molecule has 0 aliphatic heterocycles. The van der Waals surface area contributed by atoms with Gasteiger partial charge in [-0.25, -0.2) is 14.0 Å². The molecule has 0 saturated heterocycles. The van der Waals surface area contributed by atoms with Crippen LogP contribution in [0.25, 0.3) is 6.08 Å². The molecule has 1 aromatic carbocycles. The van der Waals surface area contributed by atoms with E-state index in [0.29, 0.717) is 22.6 Å². The zero-order valence-electron chi connectivity index (χ0n) is 12.7. The average Bonchev–Trinajstić information content (AvgIpc) is 2.92. The quantitative estimate of drug-likeness (QED) is 0.625. The van der Waals surface area contributed by atoms with E-state index in [1.165, 1.54) is 49.6 Å². The molecule has 0 atom stereocenters. The Kier molecular flexibility index (Phi) is 5.30. The first-order valence-electron chi connectivity index (χ1n) is 6.77. The fourth-order valence-electron chi connectivity index (χ4n) is 1.86. The van der Waals surface area contributed by atoms with Crippen LogP contribution in [-0.4, -0.2) is 19.0 Å². The van der Waals surface area contributed by atoms with Gasteiger partial charge in [-0.1, -0.05) is 12.1 Å². The minimum Gasteiger partial charge on any atom is -0.465 e. The number of carbonyl (C=O) groups excluding carboxylic acids is 2. The molecule has 0 fully saturated rings. The highest BCUT2D eigenvalue weighted by atomic mass is 19.1. The Morgan fingerprint density at radius 3 is 2.61 bits per heavy atom. The van der Waals surface area contributed by atoms with Gasteiger partial charge in [-0.05, 0) is 36.8 Å². The molecule has 2 rings (SSSR count). The molecule has 23 heavy (non-hydrogen) atoms. The third-order valence-electron chi connectivity index (χ3n) is 3.01. The van der Waals surface area contributed by atoms with Crippen molar-refractivity contribution in [2.75, 3.05) is 7.11 Å². The van der Waals surface area contributed by atoms with Gasteiger partial charge in [0, 0.05) is 6.08 Å². The zero-order chi connectivity index (χ0) is 16.8. The maximum atomic E-state index is 12.8. The van der Waals surface area contributed by atoms with Crippen LogP contribution in [0.2, 0.25) is 0 Å². The number of furan rings is 1. The number of aryl methyl sites for hydroxylation is 1. The average molecular weight is 318 g/mol. The zero-order valence-corrected chi connectivity index (χ0v) is 12.7. The van der Waals surface area contributed by atoms with E-state index in [2.05, 4.69) is 4.74 Å². The van der Waals surface area contributed by atoms with Crippen LogP contribution in [0.15, 0.2) is 40.8 Å². The molecule has 1 aromatic heterocycles. The smallest absolute Gasteiger partial charge is 0.341 e. The Balaban J connectivity index is 1.91. The first-order valence-corrected chi connectivity index (χ1v) is 6.77. The third kappa shape index (κ3) is 4.54. The van der Waals surface area contributed by atoms with Crippen LogP contribution in [0.5, 0.6) is 0 Å². The Bertz CT molecular complexity index is 728. The Morgan fingerprint density at radius 2 is 1.96 bits per heavy atom. The van der Waals surface area contributed by atoms with Crippen molar-refractivity contribution in [3.63, 3.8) is 0 Å². The fourth-order valence-corrected chi connectivity index (χ4v) is 1.86. The van der Waals surface area contributed by atoms with Crippen molar-refractivity contribution in [1.29, 1.82) is 0 Å². The molecule has 120 valence electrons. The van der Waals surface area contributed by atoms with Crippen LogP contribution >= 0.6 is 0 Å². The van der Waals surface area contributed by atoms with Gasteiger partial charge in [0.15, 0.2) is 0 Å². The van der Waals surface area contributed by atoms with Crippen LogP contribution < -0.4 is 0 Å². The molecule has 0 unspecified atom stereocenters. The molecule has 0 aliphatic carbocycles. The largest absolute Gasteiger partial charge is 0.465 e. The van der Waals surface area contributed by atoms with Crippen molar-refractivity contribution in [2.24, 2.45) is 0 Å². The van der Waals surface area contributed by atoms with E-state index in [-0.39, 0.29) is 12.4 Å². The monoisotopic (exact) mass is 318 g/mol. The van der Waals surface area contributed by atoms with Gasteiger partial charge in [-0.2, -0.15) is 0 Å². The lowest BCUT2D eigenvalue weighted by Gasteiger charge is -1.98. The van der Waals surface area contributed by atoms with Gasteiger partial charge in [-0.15, -0.1) is 0 Å². The molecule has 0 radical (unpaired) electrons. The minimum absolute atomic E-state index is 0.107. The summed E-state index contributed by atoms with van der Waals surface area (Å²) in [5, 5.41) is 0. The standard InChI is InChI=1S/C17H15FO5/c1-11-15(17(20)21-2)9-14(23-11)10-22-16(19)8-5-12-3-6-13(18)7-4-12/h3-9H,10H2,1-2H3/b8-5+. The number of benzene rings is 1. The van der Waals surface area contributed by atoms with Crippen LogP contribution in [0.4, 0.5) is 4.39 Å². The second-order valence-electron chi connectivity index (χ2n) is 4.67. The highest BCUT2D eigenvalue weighted by Crippen LogP contribution is 2.16. The van der Waals surface area contributed by atoms with Crippen molar-refractivity contribution < 1.29 is 27.9 Å². The molecule has 0 spiro atoms. The van der Waals surface area contributed by atoms with E-state index in [4.69, 9.17) is 9.15 Å². The number of hydrogen-bond donors (Lipinski definition) is 0. The van der Waals surface area contributed by atoms with Gasteiger partial charge in [0.2, 0.25) is 0 Å². The lowest BCUT2D eigenvalue weighted by Crippen LogP contribution is -2.01. The van der Waals surface area contributed by atoms with Gasteiger partial charge >= 0.3 is 11.9 Å². The predicted octanol–water partition coefficient (Wildman–Crippen LogP) is 3.27. The molecule has 0 saturated carbocycles. The number of methoxy groups -OCH3 is 1. The molecule has 0 amide bonds. The van der Waals surface area contributed by atoms with Gasteiger partial charge < -0.3 is 13.9 Å². The fraction of sp³-hybridized carbons (Fsp3) is 0.176. The summed E-state index contributed by atoms with van der Waals surface area (Å²) < 4.78 is 27.7. The Labute approximate surface area is 132 Å². The van der Waals surface area contributed by atoms with E-state index in [1.54, 1.807) is 6.92 Å². The van der Waals surface area contributed by atoms with Gasteiger partial charge in [0.05, 0.1) is 7.11 Å². The van der Waals surface area contributed by atoms with Crippen molar-refractivity contribution in [3.05, 3.63) is 64.9 Å². The normalized spacial score (nSPS) is 10.7. The van der Waals surface area contributed by atoms with Crippen molar-refractivity contribution in [1.82, 2.24) is 0 Å². The Hall–Kier alpha value is -2.89. The van der Waals surface area contributed by atoms with Gasteiger partial charge in [0.1, 0.15) is 29.5 Å². The van der Waals surface area contributed by atoms with Gasteiger partial charge in [0.25, 0.3) is 0 Å². The minimum atomic E-state index is -0.581. The van der Waals surface area contributed by atoms with Crippen LogP contribution in [0.1, 0.15) is 27.4 Å². The summed E-state index contributed by atoms with van der Waals surface area (Å²) in [7, 11) is 1.27. The van der Waals surface area contributed by atoms with Gasteiger partial charge in [-0.3, -0.25) is 0 Å². The van der Waals surface area contributed by atoms with Crippen molar-refractivity contribution >= 4 is 18.0 Å². The second-order valence-corrected chi connectivity index (χ2v) is 4.67. The van der Waals surface area contributed by atoms with E-state index in [1.807, 2.05) is 0 Å². The van der Waals surface area contributed by atoms with Crippen molar-refractivity contribution in [2.45, 2.75) is 13.5 Å². The third-order valence-corrected chi connectivity index (χ3v) is 3.01. The molecular weight excluding hydrogens is 303 g/mol. The highest BCUT2D eigenvalue weighted by molar-refractivity contribution is 5.90. The maximum Gasteiger partial charge on any atom is 0.341 e. The van der Waals surface area contributed by atoms with E-state index in [0.717, 1.165) is 0 Å². The molecular formula is C17H15FO5. The molecule has 0 bridgehead atoms. The van der Waals surface area contributed by atoms with Crippen LogP contribution in [0.3, 0.4) is 0 Å². The van der Waals surface area contributed by atoms with E-state index < -0.39 is 11.9 Å². The number of hydrogen-bond acceptors (Lipinski definition) is 5. The predicted molar refractivity (Wildman–Crippen MR) is 80.0 cm³/mol. The summed E-state index contributed by atoms with van der Waals surface area (Å²) in [4.78, 5) is 23.1. The topological polar surface area (TPSA) is 65.7 Å². The highest BCUT2D eigenvalue weighted by Gasteiger charge is 2.15. The number of carbonyl (C=O) groups is 2. The summed E-state index contributed by atoms with van der Waals surface area (Å²) in [5.74, 6) is -0.710. The molecule has 1 heterocycles. The van der Waals surface area contributed by atoms with E-state index >= 15 is 0 Å². The number of esters is 2. The number of ether oxygens (including phenoxy) is 2. The lowest BCUT2D eigenvalue weighted by atomic mass is 10.2. The summed E-state index contributed by atoms with van der Waals surface area (Å²) in [6.07, 6.45) is 2.74. The van der Waals surface area contributed by atoms with Crippen LogP contribution in [0, 0.1) is 12.7 Å². The Morgan fingerprint density at radius 1 is 1.26 bits per heavy atom. The lowest BCUT2D eigenvalue weighted by molar-refractivity contribution is -0.139. The van der Waals surface area contributed by atoms with Crippen LogP contribution in [-0.2, 0) is 20.9 Å². The molecule has 6 heteroatoms. The summed E-state index contributed by atoms with van der Waals surface area (Å²) in [6.45, 7) is 1.51. The number of rotatable bonds is 5. The maximum absolute atomic E-state index is 12.8. The van der Waals surface area contributed by atoms with Crippen molar-refractivity contribution in [3.8, 4) is 0 Å². The first-order chi connectivity index (χ1) is 11.0. The summed E-state index contributed by atoms with van der Waals surface area (Å²) in [5.41, 5.74) is 0.963. The molecule has 0 N–H and O–H groups in total. The first kappa shape index (κ1) is 16.5. The SMILES string of the molecule is COC(=O)c1cc(COC(=O)/C=C/c2ccc(F)cc2)oc1C.